The number of carbonyl (C=O) groups excluding carboxylic acids is 1. The fraction of sp³-hybridized carbons (Fsp3) is 0.650. The normalized spacial score (nSPS) is 24.4. The summed E-state index contributed by atoms with van der Waals surface area (Å²) >= 11 is 0. The van der Waals surface area contributed by atoms with Crippen LogP contribution in [0.4, 0.5) is 13.2 Å². The van der Waals surface area contributed by atoms with E-state index in [0.717, 1.165) is 29.3 Å². The number of carbonyl (C=O) groups is 1. The van der Waals surface area contributed by atoms with Gasteiger partial charge >= 0.3 is 6.18 Å². The van der Waals surface area contributed by atoms with Crippen LogP contribution in [-0.4, -0.2) is 73.2 Å². The number of nitrogens with zero attached hydrogens (tertiary/aromatic N) is 3. The smallest absolute Gasteiger partial charge is 0.341 e. The Morgan fingerprint density at radius 2 is 1.70 bits per heavy atom. The van der Waals surface area contributed by atoms with Gasteiger partial charge in [-0.1, -0.05) is 26.0 Å². The Morgan fingerprint density at radius 3 is 2.27 bits per heavy atom. The Balaban J connectivity index is 1.75. The summed E-state index contributed by atoms with van der Waals surface area (Å²) in [6.07, 6.45) is -2.65. The first-order chi connectivity index (χ1) is 14.0. The maximum atomic E-state index is 13.3. The maximum absolute atomic E-state index is 13.3. The molecule has 0 aliphatic carbocycles. The van der Waals surface area contributed by atoms with E-state index in [-0.39, 0.29) is 24.5 Å². The minimum atomic E-state index is -4.74. The van der Waals surface area contributed by atoms with Gasteiger partial charge in [0.05, 0.1) is 10.5 Å². The van der Waals surface area contributed by atoms with Gasteiger partial charge in [0, 0.05) is 51.2 Å². The van der Waals surface area contributed by atoms with Gasteiger partial charge in [-0.25, -0.2) is 8.42 Å². The van der Waals surface area contributed by atoms with Gasteiger partial charge in [-0.15, -0.1) is 0 Å². The molecule has 0 radical (unpaired) electrons. The summed E-state index contributed by atoms with van der Waals surface area (Å²) in [5.41, 5.74) is -1.34. The molecule has 0 spiro atoms. The van der Waals surface area contributed by atoms with Crippen LogP contribution in [0.1, 0.15) is 38.7 Å². The predicted molar refractivity (Wildman–Crippen MR) is 106 cm³/mol. The third kappa shape index (κ3) is 4.22. The number of hydrogen-bond acceptors (Lipinski definition) is 4. The summed E-state index contributed by atoms with van der Waals surface area (Å²) in [4.78, 5) is 15.4. The molecule has 3 rings (SSSR count). The van der Waals surface area contributed by atoms with Crippen LogP contribution in [0.15, 0.2) is 29.2 Å². The fourth-order valence-corrected chi connectivity index (χ4v) is 6.17. The van der Waals surface area contributed by atoms with Gasteiger partial charge < -0.3 is 4.90 Å². The summed E-state index contributed by atoms with van der Waals surface area (Å²) in [6, 6.07) is 4.31. The molecule has 168 valence electrons. The average Bonchev–Trinajstić information content (AvgIpc) is 3.18. The zero-order chi connectivity index (χ0) is 22.2. The van der Waals surface area contributed by atoms with E-state index >= 15 is 0 Å². The summed E-state index contributed by atoms with van der Waals surface area (Å²) in [7, 11) is -4.26. The molecule has 2 fully saturated rings. The van der Waals surface area contributed by atoms with Crippen molar-refractivity contribution >= 4 is 15.9 Å². The first kappa shape index (κ1) is 23.0. The topological polar surface area (TPSA) is 60.9 Å². The Morgan fingerprint density at radius 1 is 1.07 bits per heavy atom. The first-order valence-electron chi connectivity index (χ1n) is 10.2. The summed E-state index contributed by atoms with van der Waals surface area (Å²) in [5.74, 6) is 0.107. The van der Waals surface area contributed by atoms with Crippen LogP contribution in [0.25, 0.3) is 0 Å². The zero-order valence-electron chi connectivity index (χ0n) is 17.3. The van der Waals surface area contributed by atoms with E-state index in [9.17, 15) is 26.4 Å². The van der Waals surface area contributed by atoms with E-state index in [2.05, 4.69) is 11.8 Å². The van der Waals surface area contributed by atoms with E-state index < -0.39 is 26.7 Å². The van der Waals surface area contributed by atoms with Crippen molar-refractivity contribution < 1.29 is 26.4 Å². The fourth-order valence-electron chi connectivity index (χ4n) is 4.53. The van der Waals surface area contributed by atoms with Crippen LogP contribution < -0.4 is 0 Å². The number of hydrogen-bond donors (Lipinski definition) is 0. The molecule has 0 saturated carbocycles. The van der Waals surface area contributed by atoms with Gasteiger partial charge in [0.25, 0.3) is 0 Å². The van der Waals surface area contributed by atoms with Gasteiger partial charge in [0.1, 0.15) is 0 Å². The second-order valence-corrected chi connectivity index (χ2v) is 9.79. The molecule has 2 aliphatic heterocycles. The standard InChI is InChI=1S/C20H28F3N3O3S/c1-3-18(27)24-10-9-19(4-2,15-24)25-11-13-26(14-12-25)30(28,29)17-8-6-5-7-16(17)20(21,22)23/h5-8H,3-4,9-15H2,1-2H3/t19-/m1/s1. The first-order valence-corrected chi connectivity index (χ1v) is 11.7. The summed E-state index contributed by atoms with van der Waals surface area (Å²) in [6.45, 7) is 6.28. The molecule has 1 aromatic rings. The highest BCUT2D eigenvalue weighted by Gasteiger charge is 2.45. The van der Waals surface area contributed by atoms with E-state index in [1.54, 1.807) is 0 Å². The molecular weight excluding hydrogens is 419 g/mol. The number of alkyl halides is 3. The third-order valence-corrected chi connectivity index (χ3v) is 8.32. The molecule has 1 atom stereocenters. The number of benzene rings is 1. The number of halogens is 3. The van der Waals surface area contributed by atoms with E-state index in [1.807, 2.05) is 11.8 Å². The molecule has 6 nitrogen and oxygen atoms in total. The minimum absolute atomic E-state index is 0.107. The van der Waals surface area contributed by atoms with Crippen LogP contribution in [-0.2, 0) is 21.0 Å². The quantitative estimate of drug-likeness (QED) is 0.697. The lowest BCUT2D eigenvalue weighted by Gasteiger charge is -2.45. The Labute approximate surface area is 175 Å². The number of sulfonamides is 1. The Hall–Kier alpha value is -1.65. The van der Waals surface area contributed by atoms with Crippen LogP contribution in [0.5, 0.6) is 0 Å². The van der Waals surface area contributed by atoms with E-state index in [4.69, 9.17) is 0 Å². The van der Waals surface area contributed by atoms with Gasteiger partial charge in [-0.3, -0.25) is 9.69 Å². The van der Waals surface area contributed by atoms with Crippen molar-refractivity contribution in [2.45, 2.75) is 49.7 Å². The third-order valence-electron chi connectivity index (χ3n) is 6.37. The predicted octanol–water partition coefficient (Wildman–Crippen LogP) is 2.80. The minimum Gasteiger partial charge on any atom is -0.341 e. The lowest BCUT2D eigenvalue weighted by atomic mass is 9.92. The zero-order valence-corrected chi connectivity index (χ0v) is 18.1. The van der Waals surface area contributed by atoms with Crippen molar-refractivity contribution in [1.29, 1.82) is 0 Å². The summed E-state index contributed by atoms with van der Waals surface area (Å²) < 4.78 is 67.0. The van der Waals surface area contributed by atoms with Crippen molar-refractivity contribution in [3.05, 3.63) is 29.8 Å². The van der Waals surface area contributed by atoms with Crippen molar-refractivity contribution in [3.8, 4) is 0 Å². The average molecular weight is 448 g/mol. The molecule has 0 unspecified atom stereocenters. The number of piperazine rings is 1. The largest absolute Gasteiger partial charge is 0.417 e. The molecule has 30 heavy (non-hydrogen) atoms. The number of rotatable bonds is 5. The van der Waals surface area contributed by atoms with Crippen molar-refractivity contribution in [3.63, 3.8) is 0 Å². The highest BCUT2D eigenvalue weighted by Crippen LogP contribution is 2.36. The lowest BCUT2D eigenvalue weighted by molar-refractivity contribution is -0.140. The molecule has 0 N–H and O–H groups in total. The molecule has 10 heteroatoms. The van der Waals surface area contributed by atoms with Gasteiger partial charge in [0.2, 0.25) is 15.9 Å². The maximum Gasteiger partial charge on any atom is 0.417 e. The monoisotopic (exact) mass is 447 g/mol. The molecule has 1 amide bonds. The Kier molecular flexibility index (Phi) is 6.50. The highest BCUT2D eigenvalue weighted by atomic mass is 32.2. The Bertz CT molecular complexity index is 883. The van der Waals surface area contributed by atoms with E-state index in [1.165, 1.54) is 12.1 Å². The molecule has 0 aromatic heterocycles. The van der Waals surface area contributed by atoms with Crippen LogP contribution in [0.3, 0.4) is 0 Å². The van der Waals surface area contributed by atoms with Gasteiger partial charge in [0.15, 0.2) is 0 Å². The number of likely N-dealkylation sites (tertiary alicyclic amines) is 1. The van der Waals surface area contributed by atoms with Crippen molar-refractivity contribution in [1.82, 2.24) is 14.1 Å². The molecule has 2 saturated heterocycles. The second kappa shape index (κ2) is 8.47. The molecule has 0 bridgehead atoms. The molecule has 2 aliphatic rings. The van der Waals surface area contributed by atoms with Crippen LogP contribution >= 0.6 is 0 Å². The van der Waals surface area contributed by atoms with Crippen molar-refractivity contribution in [2.75, 3.05) is 39.3 Å². The number of amides is 1. The van der Waals surface area contributed by atoms with Crippen LogP contribution in [0, 0.1) is 0 Å². The molecule has 1 aromatic carbocycles. The lowest BCUT2D eigenvalue weighted by Crippen LogP contribution is -2.59. The second-order valence-electron chi connectivity index (χ2n) is 7.88. The summed E-state index contributed by atoms with van der Waals surface area (Å²) in [5, 5.41) is 0. The molecular formula is C20H28F3N3O3S. The highest BCUT2D eigenvalue weighted by molar-refractivity contribution is 7.89. The SMILES string of the molecule is CCC(=O)N1CC[C@@](CC)(N2CCN(S(=O)(=O)c3ccccc3C(F)(F)F)CC2)C1. The molecule has 2 heterocycles. The van der Waals surface area contributed by atoms with Crippen molar-refractivity contribution in [2.24, 2.45) is 0 Å². The van der Waals surface area contributed by atoms with E-state index in [0.29, 0.717) is 32.6 Å². The van der Waals surface area contributed by atoms with Gasteiger partial charge in [-0.2, -0.15) is 17.5 Å². The van der Waals surface area contributed by atoms with Crippen LogP contribution in [0.2, 0.25) is 0 Å². The van der Waals surface area contributed by atoms with Gasteiger partial charge in [-0.05, 0) is 25.0 Å².